The molecular weight excluding hydrogens is 508 g/mol. The van der Waals surface area contributed by atoms with E-state index in [9.17, 15) is 19.2 Å². The van der Waals surface area contributed by atoms with Crippen molar-refractivity contribution in [3.05, 3.63) is 76.4 Å². The van der Waals surface area contributed by atoms with E-state index in [2.05, 4.69) is 32.9 Å². The lowest BCUT2D eigenvalue weighted by molar-refractivity contribution is -0.130. The summed E-state index contributed by atoms with van der Waals surface area (Å²) in [5, 5.41) is 0. The zero-order valence-electron chi connectivity index (χ0n) is 26.1. The third-order valence-corrected chi connectivity index (χ3v) is 7.98. The fourth-order valence-electron chi connectivity index (χ4n) is 6.23. The lowest BCUT2D eigenvalue weighted by atomic mass is 9.71. The summed E-state index contributed by atoms with van der Waals surface area (Å²) in [4.78, 5) is 49.7. The van der Waals surface area contributed by atoms with Crippen LogP contribution in [0.15, 0.2) is 54.2 Å². The average Bonchev–Trinajstić information content (AvgIpc) is 2.92. The maximum Gasteiger partial charge on any atom is 0.163 e. The lowest BCUT2D eigenvalue weighted by Gasteiger charge is -2.32. The van der Waals surface area contributed by atoms with E-state index in [1.165, 1.54) is 13.3 Å². The maximum atomic E-state index is 13.5. The van der Waals surface area contributed by atoms with Crippen LogP contribution < -0.4 is 0 Å². The van der Waals surface area contributed by atoms with Gasteiger partial charge >= 0.3 is 0 Å². The highest BCUT2D eigenvalue weighted by atomic mass is 16.1. The Morgan fingerprint density at radius 1 is 1.00 bits per heavy atom. The predicted octanol–water partition coefficient (Wildman–Crippen LogP) is 8.95. The van der Waals surface area contributed by atoms with Crippen molar-refractivity contribution in [1.82, 2.24) is 0 Å². The second-order valence-corrected chi connectivity index (χ2v) is 11.6. The number of fused-ring (bicyclic) bond motifs is 1. The highest BCUT2D eigenvalue weighted by Crippen LogP contribution is 2.39. The minimum absolute atomic E-state index is 0.00164. The van der Waals surface area contributed by atoms with Gasteiger partial charge in [0.2, 0.25) is 0 Å². The van der Waals surface area contributed by atoms with Crippen molar-refractivity contribution in [2.75, 3.05) is 0 Å². The molecule has 1 aromatic rings. The van der Waals surface area contributed by atoms with Crippen molar-refractivity contribution in [3.8, 4) is 0 Å². The number of hydrogen-bond acceptors (Lipinski definition) is 4. The molecule has 1 aromatic carbocycles. The summed E-state index contributed by atoms with van der Waals surface area (Å²) in [6.07, 6.45) is 20.1. The Labute approximate surface area is 248 Å². The van der Waals surface area contributed by atoms with Crippen LogP contribution in [0.2, 0.25) is 0 Å². The van der Waals surface area contributed by atoms with Gasteiger partial charge in [0, 0.05) is 17.9 Å². The molecule has 0 aromatic heterocycles. The van der Waals surface area contributed by atoms with Gasteiger partial charge in [-0.15, -0.1) is 0 Å². The number of Topliss-reactive ketones (excluding diaryl/α,β-unsaturated/α-hetero) is 3. The average molecular weight is 559 g/mol. The molecule has 41 heavy (non-hydrogen) atoms. The Morgan fingerprint density at radius 2 is 1.68 bits per heavy atom. The number of benzene rings is 1. The largest absolute Gasteiger partial charge is 0.300 e. The number of rotatable bonds is 11. The number of aryl methyl sites for hydroxylation is 1. The van der Waals surface area contributed by atoms with Gasteiger partial charge in [0.25, 0.3) is 0 Å². The highest BCUT2D eigenvalue weighted by Gasteiger charge is 2.34. The summed E-state index contributed by atoms with van der Waals surface area (Å²) in [5.74, 6) is 0.329. The quantitative estimate of drug-likeness (QED) is 0.201. The van der Waals surface area contributed by atoms with E-state index in [1.807, 2.05) is 50.3 Å². The lowest BCUT2D eigenvalue weighted by Crippen LogP contribution is -2.30. The zero-order valence-corrected chi connectivity index (χ0v) is 26.1. The summed E-state index contributed by atoms with van der Waals surface area (Å²) in [6, 6.07) is 4.15. The second-order valence-electron chi connectivity index (χ2n) is 11.6. The van der Waals surface area contributed by atoms with Gasteiger partial charge in [-0.05, 0) is 85.6 Å². The van der Waals surface area contributed by atoms with E-state index < -0.39 is 0 Å². The van der Waals surface area contributed by atoms with Crippen molar-refractivity contribution in [1.29, 1.82) is 0 Å². The van der Waals surface area contributed by atoms with Crippen LogP contribution >= 0.6 is 0 Å². The van der Waals surface area contributed by atoms with Crippen LogP contribution in [0.1, 0.15) is 119 Å². The molecule has 0 fully saturated rings. The third-order valence-electron chi connectivity index (χ3n) is 7.98. The Hall–Kier alpha value is -3.14. The number of carbonyl (C=O) groups is 4. The molecule has 3 unspecified atom stereocenters. The summed E-state index contributed by atoms with van der Waals surface area (Å²) in [5.41, 5.74) is 5.82. The number of ketones is 3. The molecule has 0 bridgehead atoms. The van der Waals surface area contributed by atoms with E-state index >= 15 is 0 Å². The van der Waals surface area contributed by atoms with E-state index in [-0.39, 0.29) is 41.5 Å². The van der Waals surface area contributed by atoms with Crippen molar-refractivity contribution >= 4 is 29.2 Å². The molecule has 2 aliphatic rings. The number of hydrogen-bond donors (Lipinski definition) is 0. The van der Waals surface area contributed by atoms with E-state index in [1.54, 1.807) is 0 Å². The molecule has 0 spiro atoms. The Balaban J connectivity index is 0.00000187. The first kappa shape index (κ1) is 34.1. The fraction of sp³-hybridized carbons (Fsp3) is 0.514. The smallest absolute Gasteiger partial charge is 0.163 e. The third kappa shape index (κ3) is 10.0. The van der Waals surface area contributed by atoms with Crippen molar-refractivity contribution in [2.24, 2.45) is 17.8 Å². The van der Waals surface area contributed by atoms with E-state index in [0.29, 0.717) is 24.8 Å². The highest BCUT2D eigenvalue weighted by molar-refractivity contribution is 6.01. The van der Waals surface area contributed by atoms with Gasteiger partial charge in [0.15, 0.2) is 5.78 Å². The first-order valence-electron chi connectivity index (χ1n) is 15.5. The van der Waals surface area contributed by atoms with Gasteiger partial charge < -0.3 is 0 Å². The molecule has 0 N–H and O–H groups in total. The SMILES string of the molecule is CCC.CCCC(CC1CC(=O)c2c(C)ccc(/C3=C/C=C(/C=O)C/C=C\C=C/C3)c2C1)C(CC)C(=O)CC(C)=O. The van der Waals surface area contributed by atoms with E-state index in [4.69, 9.17) is 0 Å². The van der Waals surface area contributed by atoms with Crippen LogP contribution in [0.4, 0.5) is 0 Å². The van der Waals surface area contributed by atoms with Gasteiger partial charge in [-0.2, -0.15) is 0 Å². The molecule has 2 aliphatic carbocycles. The van der Waals surface area contributed by atoms with Gasteiger partial charge in [-0.1, -0.05) is 95.5 Å². The second kappa shape index (κ2) is 17.6. The minimum Gasteiger partial charge on any atom is -0.300 e. The monoisotopic (exact) mass is 558 g/mol. The molecule has 3 rings (SSSR count). The molecule has 4 heteroatoms. The van der Waals surface area contributed by atoms with Crippen molar-refractivity contribution in [3.63, 3.8) is 0 Å². The molecule has 0 saturated carbocycles. The zero-order chi connectivity index (χ0) is 30.4. The number of allylic oxidation sites excluding steroid dienone is 8. The fourth-order valence-corrected chi connectivity index (χ4v) is 6.23. The Morgan fingerprint density at radius 3 is 2.29 bits per heavy atom. The van der Waals surface area contributed by atoms with Crippen LogP contribution in [-0.2, 0) is 20.8 Å². The topological polar surface area (TPSA) is 68.3 Å². The predicted molar refractivity (Wildman–Crippen MR) is 170 cm³/mol. The molecule has 3 atom stereocenters. The number of carbonyl (C=O) groups excluding carboxylic acids is 4. The first-order valence-corrected chi connectivity index (χ1v) is 15.5. The Bertz CT molecular complexity index is 1190. The maximum absolute atomic E-state index is 13.5. The van der Waals surface area contributed by atoms with Crippen LogP contribution in [0.25, 0.3) is 5.57 Å². The molecule has 222 valence electrons. The molecule has 0 aliphatic heterocycles. The van der Waals surface area contributed by atoms with Crippen molar-refractivity contribution in [2.45, 2.75) is 106 Å². The minimum atomic E-state index is -0.140. The molecule has 0 amide bonds. The Kier molecular flexibility index (Phi) is 14.6. The molecule has 0 saturated heterocycles. The standard InChI is InChI=1S/C34H42O4.C3H8/c1-5-11-28(29(6-2)32(37)18-24(4)36)19-26-20-31-30(17-14-23(3)34(31)33(38)21-26)27-13-10-8-7-9-12-25(22-35)15-16-27;1-3-2/h7-10,14-17,22,26,28-29H,5-6,11-13,18-21H2,1-4H3;3H2,1-2H3/b9-7-,10-8-,25-15+,27-16+;. The van der Waals surface area contributed by atoms with Crippen LogP contribution in [0, 0.1) is 24.7 Å². The van der Waals surface area contributed by atoms with Crippen LogP contribution in [-0.4, -0.2) is 23.6 Å². The van der Waals surface area contributed by atoms with Gasteiger partial charge in [-0.25, -0.2) is 0 Å². The summed E-state index contributed by atoms with van der Waals surface area (Å²) < 4.78 is 0. The van der Waals surface area contributed by atoms with E-state index in [0.717, 1.165) is 66.2 Å². The molecule has 0 heterocycles. The summed E-state index contributed by atoms with van der Waals surface area (Å²) in [6.45, 7) is 11.9. The van der Waals surface area contributed by atoms with Crippen LogP contribution in [0.5, 0.6) is 0 Å². The van der Waals surface area contributed by atoms with Gasteiger partial charge in [0.1, 0.15) is 17.9 Å². The van der Waals surface area contributed by atoms with Gasteiger partial charge in [0.05, 0.1) is 6.42 Å². The number of aldehydes is 1. The molecular formula is C37H50O4. The van der Waals surface area contributed by atoms with Crippen molar-refractivity contribution < 1.29 is 19.2 Å². The molecule has 0 radical (unpaired) electrons. The normalized spacial score (nSPS) is 22.3. The summed E-state index contributed by atoms with van der Waals surface area (Å²) in [7, 11) is 0. The first-order chi connectivity index (χ1) is 19.7. The van der Waals surface area contributed by atoms with Crippen LogP contribution in [0.3, 0.4) is 0 Å². The van der Waals surface area contributed by atoms with Gasteiger partial charge in [-0.3, -0.25) is 19.2 Å². The summed E-state index contributed by atoms with van der Waals surface area (Å²) >= 11 is 0. The molecule has 4 nitrogen and oxygen atoms in total.